The van der Waals surface area contributed by atoms with Gasteiger partial charge in [-0.25, -0.2) is 4.68 Å². The van der Waals surface area contributed by atoms with Gasteiger partial charge in [-0.05, 0) is 35.9 Å². The van der Waals surface area contributed by atoms with Crippen molar-refractivity contribution in [2.75, 3.05) is 6.26 Å². The standard InChI is InChI=1S/C15H14N4OS2/c1-21-14-4-2-3-11(7-14)15(20)16-8-12-9-19(18-17-12)13-5-6-22-10-13/h2-7,9-10H,8H2,1H3,(H,16,20). The maximum absolute atomic E-state index is 12.1. The van der Waals surface area contributed by atoms with Gasteiger partial charge in [0.1, 0.15) is 5.69 Å². The van der Waals surface area contributed by atoms with Crippen molar-refractivity contribution in [2.24, 2.45) is 0 Å². The third-order valence-corrected chi connectivity index (χ3v) is 4.47. The highest BCUT2D eigenvalue weighted by molar-refractivity contribution is 7.98. The van der Waals surface area contributed by atoms with Gasteiger partial charge in [0.15, 0.2) is 0 Å². The van der Waals surface area contributed by atoms with Crippen molar-refractivity contribution in [2.45, 2.75) is 11.4 Å². The van der Waals surface area contributed by atoms with Gasteiger partial charge in [0.25, 0.3) is 5.91 Å². The number of thioether (sulfide) groups is 1. The van der Waals surface area contributed by atoms with Crippen molar-refractivity contribution in [1.82, 2.24) is 20.3 Å². The molecule has 7 heteroatoms. The van der Waals surface area contributed by atoms with Crippen LogP contribution < -0.4 is 5.32 Å². The van der Waals surface area contributed by atoms with Crippen molar-refractivity contribution in [3.8, 4) is 5.69 Å². The first-order valence-corrected chi connectivity index (χ1v) is 8.79. The number of nitrogens with one attached hydrogen (secondary N) is 1. The topological polar surface area (TPSA) is 59.8 Å². The predicted octanol–water partition coefficient (Wildman–Crippen LogP) is 2.98. The molecular weight excluding hydrogens is 316 g/mol. The molecule has 0 fully saturated rings. The Kier molecular flexibility index (Phi) is 4.55. The summed E-state index contributed by atoms with van der Waals surface area (Å²) >= 11 is 3.21. The number of aromatic nitrogens is 3. The Bertz CT molecular complexity index is 767. The minimum absolute atomic E-state index is 0.110. The molecule has 22 heavy (non-hydrogen) atoms. The zero-order valence-corrected chi connectivity index (χ0v) is 13.5. The summed E-state index contributed by atoms with van der Waals surface area (Å²) in [4.78, 5) is 13.2. The monoisotopic (exact) mass is 330 g/mol. The summed E-state index contributed by atoms with van der Waals surface area (Å²) in [6.45, 7) is 0.354. The van der Waals surface area contributed by atoms with Crippen LogP contribution in [0.1, 0.15) is 16.1 Å². The normalized spacial score (nSPS) is 10.6. The molecular formula is C15H14N4OS2. The highest BCUT2D eigenvalue weighted by Crippen LogP contribution is 2.16. The number of nitrogens with zero attached hydrogens (tertiary/aromatic N) is 3. The number of carbonyl (C=O) groups is 1. The fourth-order valence-electron chi connectivity index (χ4n) is 1.93. The van der Waals surface area contributed by atoms with Gasteiger partial charge in [-0.3, -0.25) is 4.79 Å². The van der Waals surface area contributed by atoms with Crippen LogP contribution in [0.15, 0.2) is 52.2 Å². The first kappa shape index (κ1) is 14.8. The molecule has 0 spiro atoms. The van der Waals surface area contributed by atoms with Crippen molar-refractivity contribution in [3.05, 3.63) is 58.5 Å². The van der Waals surface area contributed by atoms with Crippen molar-refractivity contribution >= 4 is 29.0 Å². The maximum Gasteiger partial charge on any atom is 0.251 e. The molecule has 2 aromatic heterocycles. The van der Waals surface area contributed by atoms with E-state index in [9.17, 15) is 4.79 Å². The van der Waals surface area contributed by atoms with Crippen LogP contribution in [0, 0.1) is 0 Å². The van der Waals surface area contributed by atoms with E-state index in [1.54, 1.807) is 33.8 Å². The second-order valence-electron chi connectivity index (χ2n) is 4.55. The molecule has 1 N–H and O–H groups in total. The minimum atomic E-state index is -0.110. The summed E-state index contributed by atoms with van der Waals surface area (Å²) in [5, 5.41) is 15.0. The van der Waals surface area contributed by atoms with Gasteiger partial charge in [-0.15, -0.1) is 16.9 Å². The molecule has 0 saturated carbocycles. The Hall–Kier alpha value is -2.12. The maximum atomic E-state index is 12.1. The van der Waals surface area contributed by atoms with Crippen LogP contribution >= 0.6 is 23.1 Å². The summed E-state index contributed by atoms with van der Waals surface area (Å²) in [7, 11) is 0. The molecule has 5 nitrogen and oxygen atoms in total. The van der Waals surface area contributed by atoms with E-state index in [1.807, 2.05) is 47.5 Å². The van der Waals surface area contributed by atoms with Crippen molar-refractivity contribution in [1.29, 1.82) is 0 Å². The summed E-state index contributed by atoms with van der Waals surface area (Å²) in [5.74, 6) is -0.110. The second kappa shape index (κ2) is 6.76. The molecule has 0 aliphatic carbocycles. The van der Waals surface area contributed by atoms with E-state index in [1.165, 1.54) is 0 Å². The second-order valence-corrected chi connectivity index (χ2v) is 6.21. The molecule has 2 heterocycles. The van der Waals surface area contributed by atoms with E-state index < -0.39 is 0 Å². The van der Waals surface area contributed by atoms with Crippen LogP contribution in [0.2, 0.25) is 0 Å². The van der Waals surface area contributed by atoms with Gasteiger partial charge in [0.2, 0.25) is 0 Å². The number of amides is 1. The van der Waals surface area contributed by atoms with Crippen LogP contribution in [-0.4, -0.2) is 27.2 Å². The van der Waals surface area contributed by atoms with E-state index >= 15 is 0 Å². The molecule has 0 unspecified atom stereocenters. The number of hydrogen-bond acceptors (Lipinski definition) is 5. The van der Waals surface area contributed by atoms with Crippen LogP contribution in [0.4, 0.5) is 0 Å². The largest absolute Gasteiger partial charge is 0.346 e. The lowest BCUT2D eigenvalue weighted by Crippen LogP contribution is -2.22. The fraction of sp³-hybridized carbons (Fsp3) is 0.133. The lowest BCUT2D eigenvalue weighted by molar-refractivity contribution is 0.0950. The molecule has 0 bridgehead atoms. The van der Waals surface area contributed by atoms with Crippen LogP contribution in [-0.2, 0) is 6.54 Å². The van der Waals surface area contributed by atoms with Crippen LogP contribution in [0.3, 0.4) is 0 Å². The molecule has 0 aliphatic heterocycles. The highest BCUT2D eigenvalue weighted by Gasteiger charge is 2.08. The third-order valence-electron chi connectivity index (χ3n) is 3.07. The Morgan fingerprint density at radius 3 is 3.09 bits per heavy atom. The minimum Gasteiger partial charge on any atom is -0.346 e. The lowest BCUT2D eigenvalue weighted by Gasteiger charge is -2.04. The van der Waals surface area contributed by atoms with E-state index in [0.717, 1.165) is 16.3 Å². The Morgan fingerprint density at radius 1 is 1.41 bits per heavy atom. The SMILES string of the molecule is CSc1cccc(C(=O)NCc2cn(-c3ccsc3)nn2)c1. The number of hydrogen-bond donors (Lipinski definition) is 1. The van der Waals surface area contributed by atoms with Crippen LogP contribution in [0.5, 0.6) is 0 Å². The quantitative estimate of drug-likeness (QED) is 0.731. The van der Waals surface area contributed by atoms with Gasteiger partial charge in [-0.1, -0.05) is 11.3 Å². The first-order valence-electron chi connectivity index (χ1n) is 6.62. The van der Waals surface area contributed by atoms with Crippen molar-refractivity contribution < 1.29 is 4.79 Å². The molecule has 3 rings (SSSR count). The third kappa shape index (κ3) is 3.37. The average Bonchev–Trinajstić information content (AvgIpc) is 3.23. The molecule has 0 saturated heterocycles. The van der Waals surface area contributed by atoms with E-state index in [0.29, 0.717) is 12.1 Å². The van der Waals surface area contributed by atoms with Gasteiger partial charge < -0.3 is 5.32 Å². The molecule has 1 aromatic carbocycles. The summed E-state index contributed by atoms with van der Waals surface area (Å²) < 4.78 is 1.70. The van der Waals surface area contributed by atoms with Gasteiger partial charge >= 0.3 is 0 Å². The van der Waals surface area contributed by atoms with E-state index in [2.05, 4.69) is 15.6 Å². The number of thiophene rings is 1. The zero-order chi connectivity index (χ0) is 15.4. The average molecular weight is 330 g/mol. The smallest absolute Gasteiger partial charge is 0.251 e. The molecule has 0 radical (unpaired) electrons. The van der Waals surface area contributed by atoms with E-state index in [-0.39, 0.29) is 5.91 Å². The Labute approximate surface area is 136 Å². The predicted molar refractivity (Wildman–Crippen MR) is 88.6 cm³/mol. The number of carbonyl (C=O) groups excluding carboxylic acids is 1. The molecule has 0 atom stereocenters. The van der Waals surface area contributed by atoms with Gasteiger partial charge in [0, 0.05) is 15.8 Å². The van der Waals surface area contributed by atoms with Gasteiger partial charge in [-0.2, -0.15) is 11.3 Å². The summed E-state index contributed by atoms with van der Waals surface area (Å²) in [6, 6.07) is 9.51. The number of rotatable bonds is 5. The lowest BCUT2D eigenvalue weighted by atomic mass is 10.2. The summed E-state index contributed by atoms with van der Waals surface area (Å²) in [6.07, 6.45) is 3.81. The molecule has 3 aromatic rings. The van der Waals surface area contributed by atoms with Crippen LogP contribution in [0.25, 0.3) is 5.69 Å². The molecule has 0 aliphatic rings. The Morgan fingerprint density at radius 2 is 2.32 bits per heavy atom. The number of benzene rings is 1. The highest BCUT2D eigenvalue weighted by atomic mass is 32.2. The van der Waals surface area contributed by atoms with Crippen molar-refractivity contribution in [3.63, 3.8) is 0 Å². The summed E-state index contributed by atoms with van der Waals surface area (Å²) in [5.41, 5.74) is 2.35. The molecule has 112 valence electrons. The first-order chi connectivity index (χ1) is 10.8. The Balaban J connectivity index is 1.63. The molecule has 1 amide bonds. The van der Waals surface area contributed by atoms with Gasteiger partial charge in [0.05, 0.1) is 18.4 Å². The van der Waals surface area contributed by atoms with E-state index in [4.69, 9.17) is 0 Å². The fourth-order valence-corrected chi connectivity index (χ4v) is 3.01. The zero-order valence-electron chi connectivity index (χ0n) is 11.9.